The Kier molecular flexibility index (Phi) is 6.45. The molecule has 0 unspecified atom stereocenters. The minimum atomic E-state index is -0.0895. The second-order valence-corrected chi connectivity index (χ2v) is 9.09. The molecule has 2 aromatic heterocycles. The van der Waals surface area contributed by atoms with Crippen molar-refractivity contribution >= 4 is 40.5 Å². The lowest BCUT2D eigenvalue weighted by Gasteiger charge is -2.30. The SMILES string of the molecule is CC(=O)N1CCC(C(=O)Nc2cccc(Nc3nccc(-c4sc(C)nc4C)n3)c2)CC1. The fourth-order valence-corrected chi connectivity index (χ4v) is 4.71. The number of carbonyl (C=O) groups excluding carboxylic acids is 2. The number of nitrogens with zero attached hydrogens (tertiary/aromatic N) is 4. The molecule has 0 aliphatic carbocycles. The van der Waals surface area contributed by atoms with Gasteiger partial charge in [-0.3, -0.25) is 9.59 Å². The quantitative estimate of drug-likeness (QED) is 0.606. The van der Waals surface area contributed by atoms with Crippen LogP contribution in [0, 0.1) is 19.8 Å². The Labute approximate surface area is 191 Å². The van der Waals surface area contributed by atoms with Crippen LogP contribution in [0.5, 0.6) is 0 Å². The fraction of sp³-hybridized carbons (Fsp3) is 0.348. The first kappa shape index (κ1) is 21.9. The van der Waals surface area contributed by atoms with E-state index in [9.17, 15) is 9.59 Å². The van der Waals surface area contributed by atoms with Gasteiger partial charge in [0.15, 0.2) is 0 Å². The van der Waals surface area contributed by atoms with Crippen LogP contribution < -0.4 is 10.6 Å². The van der Waals surface area contributed by atoms with Gasteiger partial charge in [0, 0.05) is 43.5 Å². The van der Waals surface area contributed by atoms with E-state index >= 15 is 0 Å². The standard InChI is InChI=1S/C23H26N6O2S/c1-14-21(32-15(2)25-14)20-7-10-24-23(28-20)27-19-6-4-5-18(13-19)26-22(31)17-8-11-29(12-9-17)16(3)30/h4-7,10,13,17H,8-9,11-12H2,1-3H3,(H,26,31)(H,24,27,28). The molecule has 8 nitrogen and oxygen atoms in total. The number of amides is 2. The number of nitrogens with one attached hydrogen (secondary N) is 2. The molecule has 2 N–H and O–H groups in total. The summed E-state index contributed by atoms with van der Waals surface area (Å²) in [4.78, 5) is 40.4. The molecule has 1 aromatic carbocycles. The number of likely N-dealkylation sites (tertiary alicyclic amines) is 1. The Morgan fingerprint density at radius 1 is 1.09 bits per heavy atom. The molecule has 1 aliphatic heterocycles. The molecule has 9 heteroatoms. The van der Waals surface area contributed by atoms with Crippen molar-refractivity contribution in [2.45, 2.75) is 33.6 Å². The number of aromatic nitrogens is 3. The van der Waals surface area contributed by atoms with Crippen molar-refractivity contribution in [1.82, 2.24) is 19.9 Å². The predicted molar refractivity (Wildman–Crippen MR) is 126 cm³/mol. The third kappa shape index (κ3) is 5.11. The summed E-state index contributed by atoms with van der Waals surface area (Å²) in [5.74, 6) is 0.440. The van der Waals surface area contributed by atoms with E-state index in [0.29, 0.717) is 37.6 Å². The number of benzene rings is 1. The number of aryl methyl sites for hydroxylation is 2. The monoisotopic (exact) mass is 450 g/mol. The molecule has 0 bridgehead atoms. The van der Waals surface area contributed by atoms with E-state index in [1.54, 1.807) is 29.4 Å². The van der Waals surface area contributed by atoms with Gasteiger partial charge < -0.3 is 15.5 Å². The van der Waals surface area contributed by atoms with Crippen LogP contribution in [0.2, 0.25) is 0 Å². The third-order valence-electron chi connectivity index (χ3n) is 5.49. The molecule has 166 valence electrons. The van der Waals surface area contributed by atoms with Crippen molar-refractivity contribution in [3.8, 4) is 10.6 Å². The molecule has 0 saturated carbocycles. The van der Waals surface area contributed by atoms with E-state index in [1.165, 1.54) is 0 Å². The number of rotatable bonds is 5. The van der Waals surface area contributed by atoms with Crippen molar-refractivity contribution in [3.63, 3.8) is 0 Å². The molecule has 4 rings (SSSR count). The first-order chi connectivity index (χ1) is 15.4. The van der Waals surface area contributed by atoms with E-state index < -0.39 is 0 Å². The summed E-state index contributed by atoms with van der Waals surface area (Å²) in [5.41, 5.74) is 3.27. The summed E-state index contributed by atoms with van der Waals surface area (Å²) < 4.78 is 0. The number of piperidine rings is 1. The minimum absolute atomic E-state index is 0.0142. The predicted octanol–water partition coefficient (Wildman–Crippen LogP) is 4.16. The molecular formula is C23H26N6O2S. The number of carbonyl (C=O) groups is 2. The Balaban J connectivity index is 1.42. The maximum Gasteiger partial charge on any atom is 0.227 e. The number of hydrogen-bond donors (Lipinski definition) is 2. The molecule has 3 heterocycles. The van der Waals surface area contributed by atoms with E-state index in [4.69, 9.17) is 0 Å². The van der Waals surface area contributed by atoms with Crippen LogP contribution >= 0.6 is 11.3 Å². The summed E-state index contributed by atoms with van der Waals surface area (Å²) in [5, 5.41) is 7.22. The van der Waals surface area contributed by atoms with Crippen LogP contribution in [0.4, 0.5) is 17.3 Å². The van der Waals surface area contributed by atoms with Crippen LogP contribution in [-0.4, -0.2) is 44.8 Å². The van der Waals surface area contributed by atoms with Crippen LogP contribution in [0.15, 0.2) is 36.5 Å². The Morgan fingerprint density at radius 3 is 2.53 bits per heavy atom. The number of hydrogen-bond acceptors (Lipinski definition) is 7. The topological polar surface area (TPSA) is 100 Å². The largest absolute Gasteiger partial charge is 0.343 e. The van der Waals surface area contributed by atoms with Gasteiger partial charge in [0.1, 0.15) is 0 Å². The van der Waals surface area contributed by atoms with Gasteiger partial charge in [0.25, 0.3) is 0 Å². The van der Waals surface area contributed by atoms with E-state index in [1.807, 2.05) is 44.2 Å². The Morgan fingerprint density at radius 2 is 1.84 bits per heavy atom. The van der Waals surface area contributed by atoms with Crippen molar-refractivity contribution < 1.29 is 9.59 Å². The normalized spacial score (nSPS) is 14.3. The van der Waals surface area contributed by atoms with Crippen molar-refractivity contribution in [3.05, 3.63) is 47.2 Å². The van der Waals surface area contributed by atoms with Gasteiger partial charge in [0.2, 0.25) is 17.8 Å². The van der Waals surface area contributed by atoms with Gasteiger partial charge in [0.05, 0.1) is 21.3 Å². The highest BCUT2D eigenvalue weighted by Crippen LogP contribution is 2.29. The molecular weight excluding hydrogens is 424 g/mol. The smallest absolute Gasteiger partial charge is 0.227 e. The molecule has 0 atom stereocenters. The van der Waals surface area contributed by atoms with Crippen LogP contribution in [0.1, 0.15) is 30.5 Å². The maximum absolute atomic E-state index is 12.7. The molecule has 1 saturated heterocycles. The van der Waals surface area contributed by atoms with Gasteiger partial charge >= 0.3 is 0 Å². The molecule has 2 amide bonds. The van der Waals surface area contributed by atoms with Gasteiger partial charge in [-0.15, -0.1) is 11.3 Å². The summed E-state index contributed by atoms with van der Waals surface area (Å²) in [6.45, 7) is 6.78. The lowest BCUT2D eigenvalue weighted by molar-refractivity contribution is -0.132. The first-order valence-corrected chi connectivity index (χ1v) is 11.4. The average Bonchev–Trinajstić information content (AvgIpc) is 3.12. The zero-order valence-corrected chi connectivity index (χ0v) is 19.2. The zero-order chi connectivity index (χ0) is 22.7. The summed E-state index contributed by atoms with van der Waals surface area (Å²) in [6, 6.07) is 9.37. The highest BCUT2D eigenvalue weighted by molar-refractivity contribution is 7.15. The number of thiazole rings is 1. The fourth-order valence-electron chi connectivity index (χ4n) is 3.82. The second kappa shape index (κ2) is 9.44. The Hall–Kier alpha value is -3.33. The van der Waals surface area contributed by atoms with Crippen molar-refractivity contribution in [2.24, 2.45) is 5.92 Å². The minimum Gasteiger partial charge on any atom is -0.343 e. The summed E-state index contributed by atoms with van der Waals surface area (Å²) in [6.07, 6.45) is 3.08. The zero-order valence-electron chi connectivity index (χ0n) is 18.4. The molecule has 1 fully saturated rings. The van der Waals surface area contributed by atoms with Gasteiger partial charge in [-0.2, -0.15) is 0 Å². The van der Waals surface area contributed by atoms with Crippen molar-refractivity contribution in [2.75, 3.05) is 23.7 Å². The van der Waals surface area contributed by atoms with Gasteiger partial charge in [-0.05, 0) is 51.0 Å². The van der Waals surface area contributed by atoms with Crippen LogP contribution in [0.3, 0.4) is 0 Å². The summed E-state index contributed by atoms with van der Waals surface area (Å²) in [7, 11) is 0. The lowest BCUT2D eigenvalue weighted by atomic mass is 9.96. The second-order valence-electron chi connectivity index (χ2n) is 7.89. The van der Waals surface area contributed by atoms with Crippen LogP contribution in [0.25, 0.3) is 10.6 Å². The Bertz CT molecular complexity index is 1140. The molecule has 0 radical (unpaired) electrons. The summed E-state index contributed by atoms with van der Waals surface area (Å²) >= 11 is 1.61. The average molecular weight is 451 g/mol. The third-order valence-corrected chi connectivity index (χ3v) is 6.58. The van der Waals surface area contributed by atoms with E-state index in [0.717, 1.165) is 27.0 Å². The van der Waals surface area contributed by atoms with E-state index in [2.05, 4.69) is 25.6 Å². The van der Waals surface area contributed by atoms with E-state index in [-0.39, 0.29) is 17.7 Å². The molecule has 32 heavy (non-hydrogen) atoms. The molecule has 1 aliphatic rings. The number of anilines is 3. The van der Waals surface area contributed by atoms with Gasteiger partial charge in [-0.1, -0.05) is 6.07 Å². The maximum atomic E-state index is 12.7. The van der Waals surface area contributed by atoms with Gasteiger partial charge in [-0.25, -0.2) is 15.0 Å². The molecule has 3 aromatic rings. The highest BCUT2D eigenvalue weighted by atomic mass is 32.1. The lowest BCUT2D eigenvalue weighted by Crippen LogP contribution is -2.40. The molecule has 0 spiro atoms. The van der Waals surface area contributed by atoms with Crippen LogP contribution in [-0.2, 0) is 9.59 Å². The van der Waals surface area contributed by atoms with Crippen molar-refractivity contribution in [1.29, 1.82) is 0 Å². The first-order valence-electron chi connectivity index (χ1n) is 10.6. The highest BCUT2D eigenvalue weighted by Gasteiger charge is 2.26.